The van der Waals surface area contributed by atoms with Gasteiger partial charge in [-0.1, -0.05) is 25.5 Å². The molecule has 0 radical (unpaired) electrons. The topological polar surface area (TPSA) is 35.5 Å². The van der Waals surface area contributed by atoms with E-state index in [4.69, 9.17) is 9.47 Å². The molecule has 3 heteroatoms. The van der Waals surface area contributed by atoms with E-state index in [-0.39, 0.29) is 11.9 Å². The molecule has 1 unspecified atom stereocenters. The van der Waals surface area contributed by atoms with Gasteiger partial charge in [0.05, 0.1) is 12.7 Å². The van der Waals surface area contributed by atoms with Gasteiger partial charge in [-0.25, -0.2) is 0 Å². The van der Waals surface area contributed by atoms with E-state index in [9.17, 15) is 4.79 Å². The lowest BCUT2D eigenvalue weighted by Gasteiger charge is -2.21. The molecule has 1 atom stereocenters. The molecular weight excluding hydrogens is 264 g/mol. The largest absolute Gasteiger partial charge is 0.493 e. The van der Waals surface area contributed by atoms with Gasteiger partial charge in [0.2, 0.25) is 0 Å². The molecule has 0 saturated carbocycles. The predicted octanol–water partition coefficient (Wildman–Crippen LogP) is 4.35. The highest BCUT2D eigenvalue weighted by Gasteiger charge is 2.20. The first kappa shape index (κ1) is 17.7. The van der Waals surface area contributed by atoms with Gasteiger partial charge in [-0.05, 0) is 32.4 Å². The lowest BCUT2D eigenvalue weighted by molar-refractivity contribution is -0.115. The number of rotatable bonds is 9. The van der Waals surface area contributed by atoms with Crippen molar-refractivity contribution in [1.82, 2.24) is 0 Å². The maximum absolute atomic E-state index is 11.9. The Kier molecular flexibility index (Phi) is 8.06. The molecule has 0 aromatic rings. The summed E-state index contributed by atoms with van der Waals surface area (Å²) in [6.07, 6.45) is 8.98. The van der Waals surface area contributed by atoms with Gasteiger partial charge in [-0.2, -0.15) is 0 Å². The predicted molar refractivity (Wildman–Crippen MR) is 86.1 cm³/mol. The highest BCUT2D eigenvalue weighted by Crippen LogP contribution is 2.23. The molecule has 0 aromatic carbocycles. The molecule has 0 aromatic heterocycles. The summed E-state index contributed by atoms with van der Waals surface area (Å²) < 4.78 is 11.6. The molecule has 3 nitrogen and oxygen atoms in total. The van der Waals surface area contributed by atoms with Gasteiger partial charge in [0.15, 0.2) is 5.78 Å². The Hall–Kier alpha value is -1.35. The SMILES string of the molecule is C/C=C(/C)CCOC1=CC(OCCC)CC(C(=O)CC)=C1. The Morgan fingerprint density at radius 2 is 2.14 bits per heavy atom. The highest BCUT2D eigenvalue weighted by molar-refractivity contribution is 5.95. The fraction of sp³-hybridized carbons (Fsp3) is 0.611. The second-order valence-corrected chi connectivity index (χ2v) is 5.36. The number of ketones is 1. The van der Waals surface area contributed by atoms with Crippen LogP contribution in [0.3, 0.4) is 0 Å². The van der Waals surface area contributed by atoms with Gasteiger partial charge >= 0.3 is 0 Å². The number of carbonyl (C=O) groups is 1. The zero-order valence-electron chi connectivity index (χ0n) is 13.8. The minimum Gasteiger partial charge on any atom is -0.493 e. The van der Waals surface area contributed by atoms with Crippen LogP contribution in [0.25, 0.3) is 0 Å². The van der Waals surface area contributed by atoms with Gasteiger partial charge in [-0.3, -0.25) is 4.79 Å². The molecule has 1 aliphatic rings. The standard InChI is InChI=1S/C18H28O3/c1-5-9-20-16-11-15(18(19)7-3)12-17(13-16)21-10-8-14(4)6-2/h6,12-13,16H,5,7-11H2,1-4H3/b14-6-. The molecule has 0 heterocycles. The third-order valence-corrected chi connectivity index (χ3v) is 3.56. The minimum absolute atomic E-state index is 0.0433. The van der Waals surface area contributed by atoms with Crippen LogP contribution in [-0.2, 0) is 14.3 Å². The van der Waals surface area contributed by atoms with E-state index in [0.717, 1.165) is 24.2 Å². The highest BCUT2D eigenvalue weighted by atomic mass is 16.5. The van der Waals surface area contributed by atoms with Crippen LogP contribution in [0.1, 0.15) is 53.4 Å². The van der Waals surface area contributed by atoms with Crippen LogP contribution in [0.4, 0.5) is 0 Å². The van der Waals surface area contributed by atoms with Crippen molar-refractivity contribution in [1.29, 1.82) is 0 Å². The average Bonchev–Trinajstić information content (AvgIpc) is 2.51. The number of hydrogen-bond acceptors (Lipinski definition) is 3. The van der Waals surface area contributed by atoms with E-state index < -0.39 is 0 Å². The Bertz CT molecular complexity index is 430. The number of ether oxygens (including phenoxy) is 2. The molecule has 0 spiro atoms. The van der Waals surface area contributed by atoms with Crippen molar-refractivity contribution in [2.24, 2.45) is 0 Å². The van der Waals surface area contributed by atoms with E-state index in [0.29, 0.717) is 26.1 Å². The van der Waals surface area contributed by atoms with E-state index >= 15 is 0 Å². The molecule has 0 aliphatic heterocycles. The Morgan fingerprint density at radius 3 is 2.76 bits per heavy atom. The molecule has 0 N–H and O–H groups in total. The number of carbonyl (C=O) groups excluding carboxylic acids is 1. The van der Waals surface area contributed by atoms with Crippen LogP contribution >= 0.6 is 0 Å². The van der Waals surface area contributed by atoms with Crippen LogP contribution in [0, 0.1) is 0 Å². The van der Waals surface area contributed by atoms with Crippen LogP contribution in [0.2, 0.25) is 0 Å². The quantitative estimate of drug-likeness (QED) is 0.593. The fourth-order valence-corrected chi connectivity index (χ4v) is 2.10. The van der Waals surface area contributed by atoms with Gasteiger partial charge in [0, 0.05) is 31.4 Å². The third kappa shape index (κ3) is 6.30. The van der Waals surface area contributed by atoms with Crippen molar-refractivity contribution in [2.45, 2.75) is 59.5 Å². The lowest BCUT2D eigenvalue weighted by atomic mass is 9.96. The van der Waals surface area contributed by atoms with Gasteiger partial charge in [-0.15, -0.1) is 0 Å². The van der Waals surface area contributed by atoms with Gasteiger partial charge in [0.1, 0.15) is 5.76 Å². The van der Waals surface area contributed by atoms with E-state index in [1.54, 1.807) is 0 Å². The van der Waals surface area contributed by atoms with Crippen molar-refractivity contribution in [2.75, 3.05) is 13.2 Å². The molecule has 118 valence electrons. The summed E-state index contributed by atoms with van der Waals surface area (Å²) >= 11 is 0. The first-order chi connectivity index (χ1) is 10.1. The molecule has 0 amide bonds. The Balaban J connectivity index is 2.68. The summed E-state index contributed by atoms with van der Waals surface area (Å²) in [5.41, 5.74) is 2.12. The first-order valence-corrected chi connectivity index (χ1v) is 7.92. The number of allylic oxidation sites excluding steroid dienone is 2. The second-order valence-electron chi connectivity index (χ2n) is 5.36. The zero-order chi connectivity index (χ0) is 15.7. The molecule has 1 rings (SSSR count). The van der Waals surface area contributed by atoms with Gasteiger partial charge in [0.25, 0.3) is 0 Å². The number of hydrogen-bond donors (Lipinski definition) is 0. The summed E-state index contributed by atoms with van der Waals surface area (Å²) in [6.45, 7) is 9.43. The van der Waals surface area contributed by atoms with Crippen molar-refractivity contribution in [3.05, 3.63) is 35.1 Å². The third-order valence-electron chi connectivity index (χ3n) is 3.56. The monoisotopic (exact) mass is 292 g/mol. The van der Waals surface area contributed by atoms with Crippen LogP contribution in [0.15, 0.2) is 35.1 Å². The summed E-state index contributed by atoms with van der Waals surface area (Å²) in [7, 11) is 0. The minimum atomic E-state index is -0.0433. The van der Waals surface area contributed by atoms with E-state index in [1.165, 1.54) is 5.57 Å². The van der Waals surface area contributed by atoms with Crippen LogP contribution in [-0.4, -0.2) is 25.1 Å². The van der Waals surface area contributed by atoms with Crippen molar-refractivity contribution in [3.8, 4) is 0 Å². The van der Waals surface area contributed by atoms with Crippen molar-refractivity contribution < 1.29 is 14.3 Å². The summed E-state index contributed by atoms with van der Waals surface area (Å²) in [4.78, 5) is 11.9. The molecule has 0 fully saturated rings. The maximum atomic E-state index is 11.9. The van der Waals surface area contributed by atoms with Crippen LogP contribution < -0.4 is 0 Å². The molecule has 0 saturated heterocycles. The fourth-order valence-electron chi connectivity index (χ4n) is 2.10. The lowest BCUT2D eigenvalue weighted by Crippen LogP contribution is -2.19. The smallest absolute Gasteiger partial charge is 0.158 e. The van der Waals surface area contributed by atoms with Crippen molar-refractivity contribution in [3.63, 3.8) is 0 Å². The van der Waals surface area contributed by atoms with E-state index in [1.807, 2.05) is 26.0 Å². The average molecular weight is 292 g/mol. The maximum Gasteiger partial charge on any atom is 0.158 e. The number of Topliss-reactive ketones (excluding diaryl/α,β-unsaturated/α-hetero) is 1. The first-order valence-electron chi connectivity index (χ1n) is 7.92. The molecule has 21 heavy (non-hydrogen) atoms. The van der Waals surface area contributed by atoms with Crippen molar-refractivity contribution >= 4 is 5.78 Å². The Morgan fingerprint density at radius 1 is 1.38 bits per heavy atom. The summed E-state index contributed by atoms with van der Waals surface area (Å²) in [5, 5.41) is 0. The van der Waals surface area contributed by atoms with Gasteiger partial charge < -0.3 is 9.47 Å². The molecular formula is C18H28O3. The zero-order valence-corrected chi connectivity index (χ0v) is 13.8. The molecule has 0 bridgehead atoms. The van der Waals surface area contributed by atoms with E-state index in [2.05, 4.69) is 19.9 Å². The normalized spacial score (nSPS) is 19.0. The van der Waals surface area contributed by atoms with Crippen LogP contribution in [0.5, 0.6) is 0 Å². The second kappa shape index (κ2) is 9.56. The Labute approximate surface area is 128 Å². The summed E-state index contributed by atoms with van der Waals surface area (Å²) in [6, 6.07) is 0. The molecule has 1 aliphatic carbocycles. The summed E-state index contributed by atoms with van der Waals surface area (Å²) in [5.74, 6) is 0.946.